The van der Waals surface area contributed by atoms with Crippen molar-refractivity contribution in [1.29, 1.82) is 0 Å². The van der Waals surface area contributed by atoms with Crippen LogP contribution in [-0.2, 0) is 4.79 Å². The third-order valence-electron chi connectivity index (χ3n) is 3.34. The van der Waals surface area contributed by atoms with E-state index in [0.29, 0.717) is 29.4 Å². The normalized spacial score (nSPS) is 10.6. The molecule has 1 aromatic carbocycles. The molecule has 0 aliphatic heterocycles. The van der Waals surface area contributed by atoms with Gasteiger partial charge in [0.2, 0.25) is 0 Å². The lowest BCUT2D eigenvalue weighted by atomic mass is 10.2. The molecule has 8 heteroatoms. The third kappa shape index (κ3) is 5.37. The number of carbonyl (C=O) groups excluding carboxylic acids is 2. The zero-order valence-electron chi connectivity index (χ0n) is 15.0. The summed E-state index contributed by atoms with van der Waals surface area (Å²) in [6, 6.07) is 8.56. The lowest BCUT2D eigenvalue weighted by molar-refractivity contribution is -0.130. The van der Waals surface area contributed by atoms with Crippen LogP contribution >= 0.6 is 0 Å². The maximum atomic E-state index is 11.8. The van der Waals surface area contributed by atoms with Crippen molar-refractivity contribution in [3.63, 3.8) is 0 Å². The number of rotatable bonds is 8. The summed E-state index contributed by atoms with van der Waals surface area (Å²) in [6.45, 7) is 2.22. The van der Waals surface area contributed by atoms with Gasteiger partial charge in [-0.3, -0.25) is 9.59 Å². The largest absolute Gasteiger partial charge is 0.490 e. The molecule has 0 bridgehead atoms. The number of ether oxygens (including phenoxy) is 2. The van der Waals surface area contributed by atoms with Gasteiger partial charge < -0.3 is 19.4 Å². The molecule has 0 aliphatic carbocycles. The Labute approximate surface area is 151 Å². The predicted octanol–water partition coefficient (Wildman–Crippen LogP) is 1.64. The number of H-pyrrole nitrogens is 1. The molecule has 1 aromatic heterocycles. The van der Waals surface area contributed by atoms with Gasteiger partial charge in [-0.05, 0) is 42.8 Å². The number of hydrogen-bond acceptors (Lipinski definition) is 5. The van der Waals surface area contributed by atoms with Crippen molar-refractivity contribution < 1.29 is 19.1 Å². The molecular weight excluding hydrogens is 336 g/mol. The standard InChI is InChI=1S/C18H22N4O4/c1-4-25-16-10-13(7-8-15(16)26-12-17(23)22(2)3)11-20-21-18(24)14-6-5-9-19-14/h5-11,19H,4,12H2,1-3H3,(H,21,24)/b20-11-. The van der Waals surface area contributed by atoms with Crippen LogP contribution in [-0.4, -0.2) is 55.2 Å². The van der Waals surface area contributed by atoms with E-state index in [4.69, 9.17) is 9.47 Å². The molecule has 138 valence electrons. The molecule has 26 heavy (non-hydrogen) atoms. The number of nitrogens with one attached hydrogen (secondary N) is 2. The SMILES string of the molecule is CCOc1cc(/C=N\NC(=O)c2ccc[nH]2)ccc1OCC(=O)N(C)C. The van der Waals surface area contributed by atoms with Gasteiger partial charge in [-0.25, -0.2) is 5.43 Å². The maximum Gasteiger partial charge on any atom is 0.287 e. The van der Waals surface area contributed by atoms with E-state index < -0.39 is 0 Å². The van der Waals surface area contributed by atoms with Crippen LogP contribution in [0.5, 0.6) is 11.5 Å². The first kappa shape index (κ1) is 19.0. The van der Waals surface area contributed by atoms with Gasteiger partial charge in [-0.15, -0.1) is 0 Å². The minimum atomic E-state index is -0.335. The van der Waals surface area contributed by atoms with Gasteiger partial charge in [0.05, 0.1) is 12.8 Å². The van der Waals surface area contributed by atoms with Crippen LogP contribution in [0.2, 0.25) is 0 Å². The molecule has 0 fully saturated rings. The maximum absolute atomic E-state index is 11.8. The molecule has 2 N–H and O–H groups in total. The van der Waals surface area contributed by atoms with Crippen molar-refractivity contribution in [3.8, 4) is 11.5 Å². The van der Waals surface area contributed by atoms with Gasteiger partial charge in [0.25, 0.3) is 11.8 Å². The summed E-state index contributed by atoms with van der Waals surface area (Å²) in [5.41, 5.74) is 3.57. The molecule has 1 heterocycles. The van der Waals surface area contributed by atoms with Crippen molar-refractivity contribution in [2.24, 2.45) is 5.10 Å². The first-order chi connectivity index (χ1) is 12.5. The number of hydrogen-bond donors (Lipinski definition) is 2. The minimum Gasteiger partial charge on any atom is -0.490 e. The van der Waals surface area contributed by atoms with E-state index >= 15 is 0 Å². The number of hydrazone groups is 1. The summed E-state index contributed by atoms with van der Waals surface area (Å²) in [7, 11) is 3.33. The number of amides is 2. The van der Waals surface area contributed by atoms with Crippen LogP contribution < -0.4 is 14.9 Å². The number of carbonyl (C=O) groups is 2. The fourth-order valence-corrected chi connectivity index (χ4v) is 1.96. The number of aromatic nitrogens is 1. The van der Waals surface area contributed by atoms with Crippen molar-refractivity contribution in [2.45, 2.75) is 6.92 Å². The summed E-state index contributed by atoms with van der Waals surface area (Å²) in [6.07, 6.45) is 3.16. The minimum absolute atomic E-state index is 0.0767. The highest BCUT2D eigenvalue weighted by Gasteiger charge is 2.10. The smallest absolute Gasteiger partial charge is 0.287 e. The average Bonchev–Trinajstić information content (AvgIpc) is 3.15. The molecule has 0 radical (unpaired) electrons. The molecule has 2 amide bonds. The van der Waals surface area contributed by atoms with E-state index in [0.717, 1.165) is 0 Å². The second-order valence-electron chi connectivity index (χ2n) is 5.50. The van der Waals surface area contributed by atoms with Crippen LogP contribution in [0, 0.1) is 0 Å². The Kier molecular flexibility index (Phi) is 6.78. The molecule has 2 aromatic rings. The lowest BCUT2D eigenvalue weighted by Crippen LogP contribution is -2.27. The Morgan fingerprint density at radius 2 is 2.04 bits per heavy atom. The highest BCUT2D eigenvalue weighted by atomic mass is 16.5. The Morgan fingerprint density at radius 1 is 1.23 bits per heavy atom. The van der Waals surface area contributed by atoms with Crippen LogP contribution in [0.15, 0.2) is 41.6 Å². The molecule has 0 aliphatic rings. The van der Waals surface area contributed by atoms with Crippen LogP contribution in [0.4, 0.5) is 0 Å². The van der Waals surface area contributed by atoms with Crippen molar-refractivity contribution in [3.05, 3.63) is 47.8 Å². The zero-order valence-corrected chi connectivity index (χ0v) is 15.0. The van der Waals surface area contributed by atoms with Gasteiger partial charge in [0.15, 0.2) is 18.1 Å². The monoisotopic (exact) mass is 358 g/mol. The van der Waals surface area contributed by atoms with Gasteiger partial charge in [0.1, 0.15) is 5.69 Å². The molecule has 0 atom stereocenters. The van der Waals surface area contributed by atoms with Crippen molar-refractivity contribution >= 4 is 18.0 Å². The molecular formula is C18H22N4O4. The van der Waals surface area contributed by atoms with E-state index in [1.54, 1.807) is 50.6 Å². The number of likely N-dealkylation sites (N-methyl/N-ethyl adjacent to an activating group) is 1. The van der Waals surface area contributed by atoms with E-state index in [-0.39, 0.29) is 18.4 Å². The molecule has 0 unspecified atom stereocenters. The second kappa shape index (κ2) is 9.26. The van der Waals surface area contributed by atoms with Gasteiger partial charge in [-0.1, -0.05) is 0 Å². The topological polar surface area (TPSA) is 96.0 Å². The molecule has 2 rings (SSSR count). The van der Waals surface area contributed by atoms with Gasteiger partial charge in [-0.2, -0.15) is 5.10 Å². The average molecular weight is 358 g/mol. The number of benzene rings is 1. The molecule has 0 saturated carbocycles. The first-order valence-corrected chi connectivity index (χ1v) is 8.08. The van der Waals surface area contributed by atoms with E-state index in [1.165, 1.54) is 11.1 Å². The number of aromatic amines is 1. The van der Waals surface area contributed by atoms with Gasteiger partial charge >= 0.3 is 0 Å². The second-order valence-corrected chi connectivity index (χ2v) is 5.50. The van der Waals surface area contributed by atoms with Crippen LogP contribution in [0.3, 0.4) is 0 Å². The fraction of sp³-hybridized carbons (Fsp3) is 0.278. The van der Waals surface area contributed by atoms with Gasteiger partial charge in [0, 0.05) is 20.3 Å². The Morgan fingerprint density at radius 3 is 2.69 bits per heavy atom. The highest BCUT2D eigenvalue weighted by Crippen LogP contribution is 2.28. The van der Waals surface area contributed by atoms with E-state index in [9.17, 15) is 9.59 Å². The zero-order chi connectivity index (χ0) is 18.9. The summed E-state index contributed by atoms with van der Waals surface area (Å²) >= 11 is 0. The van der Waals surface area contributed by atoms with E-state index in [1.807, 2.05) is 6.92 Å². The van der Waals surface area contributed by atoms with Crippen LogP contribution in [0.1, 0.15) is 23.0 Å². The summed E-state index contributed by atoms with van der Waals surface area (Å²) in [5.74, 6) is 0.483. The Bertz CT molecular complexity index is 770. The molecule has 0 saturated heterocycles. The first-order valence-electron chi connectivity index (χ1n) is 8.08. The summed E-state index contributed by atoms with van der Waals surface area (Å²) < 4.78 is 11.1. The quantitative estimate of drug-likeness (QED) is 0.554. The molecule has 8 nitrogen and oxygen atoms in total. The third-order valence-corrected chi connectivity index (χ3v) is 3.34. The van der Waals surface area contributed by atoms with Crippen molar-refractivity contribution in [2.75, 3.05) is 27.3 Å². The predicted molar refractivity (Wildman–Crippen MR) is 97.7 cm³/mol. The lowest BCUT2D eigenvalue weighted by Gasteiger charge is -2.14. The molecule has 0 spiro atoms. The van der Waals surface area contributed by atoms with E-state index in [2.05, 4.69) is 15.5 Å². The summed E-state index contributed by atoms with van der Waals surface area (Å²) in [4.78, 5) is 27.7. The Balaban J connectivity index is 2.03. The fourth-order valence-electron chi connectivity index (χ4n) is 1.96. The highest BCUT2D eigenvalue weighted by molar-refractivity contribution is 5.93. The Hall–Kier alpha value is -3.29. The van der Waals surface area contributed by atoms with Crippen molar-refractivity contribution in [1.82, 2.24) is 15.3 Å². The number of nitrogens with zero attached hydrogens (tertiary/aromatic N) is 2. The van der Waals surface area contributed by atoms with Crippen LogP contribution in [0.25, 0.3) is 0 Å². The summed E-state index contributed by atoms with van der Waals surface area (Å²) in [5, 5.41) is 3.92.